The van der Waals surface area contributed by atoms with E-state index in [1.807, 2.05) is 0 Å². The maximum atomic E-state index is 14.3. The van der Waals surface area contributed by atoms with Crippen LogP contribution in [0, 0.1) is 33.7 Å². The number of hydrogen-bond acceptors (Lipinski definition) is 7. The second kappa shape index (κ2) is 9.95. The number of rotatable bonds is 4. The van der Waals surface area contributed by atoms with Crippen LogP contribution in [0.4, 0.5) is 21.5 Å². The number of imide groups is 2. The molecule has 0 bridgehead atoms. The highest BCUT2D eigenvalue weighted by Gasteiger charge is 2.77. The highest BCUT2D eigenvalue weighted by molar-refractivity contribution is 6.58. The summed E-state index contributed by atoms with van der Waals surface area (Å²) >= 11 is 14.5. The summed E-state index contributed by atoms with van der Waals surface area (Å²) in [4.78, 5) is 64.5. The van der Waals surface area contributed by atoms with Crippen LogP contribution in [0.25, 0.3) is 0 Å². The normalized spacial score (nSPS) is 30.6. The molecule has 0 aromatic heterocycles. The number of nitro benzene ring substituents is 1. The maximum Gasteiger partial charge on any atom is 0.271 e. The van der Waals surface area contributed by atoms with E-state index >= 15 is 0 Å². The van der Waals surface area contributed by atoms with Gasteiger partial charge in [-0.3, -0.25) is 29.3 Å². The lowest BCUT2D eigenvalue weighted by Crippen LogP contribution is -2.60. The SMILES string of the molecule is O=C1[C@H]2[C@H](CC=C3[C@H]2C[C@@]2(Cl)C(=O)N(c4ccc(F)cc4)C(=O)[C@@]2(Cl)[C@H]3c2ccccc2O)C(=O)N1c1cccc([N+](=O)[O-])c1. The molecule has 2 saturated heterocycles. The van der Waals surface area contributed by atoms with Gasteiger partial charge < -0.3 is 5.11 Å². The number of anilines is 2. The molecule has 1 N–H and O–H groups in total. The molecule has 7 rings (SSSR count). The van der Waals surface area contributed by atoms with Gasteiger partial charge in [-0.25, -0.2) is 14.2 Å². The lowest BCUT2D eigenvalue weighted by molar-refractivity contribution is -0.384. The number of aromatic hydroxyl groups is 1. The smallest absolute Gasteiger partial charge is 0.271 e. The number of phenols is 1. The number of alkyl halides is 2. The van der Waals surface area contributed by atoms with E-state index in [4.69, 9.17) is 23.2 Å². The van der Waals surface area contributed by atoms with Crippen molar-refractivity contribution in [3.05, 3.63) is 106 Å². The summed E-state index contributed by atoms with van der Waals surface area (Å²) in [6.07, 6.45) is 1.48. The molecule has 45 heavy (non-hydrogen) atoms. The summed E-state index contributed by atoms with van der Waals surface area (Å²) < 4.78 is 13.8. The Kier molecular flexibility index (Phi) is 6.44. The summed E-state index contributed by atoms with van der Waals surface area (Å²) in [5.74, 6) is -7.76. The van der Waals surface area contributed by atoms with Crippen LogP contribution in [-0.4, -0.2) is 43.4 Å². The van der Waals surface area contributed by atoms with E-state index in [2.05, 4.69) is 0 Å². The number of benzene rings is 3. The Hall–Kier alpha value is -4.61. The first kappa shape index (κ1) is 29.1. The van der Waals surface area contributed by atoms with E-state index < -0.39 is 67.8 Å². The average Bonchev–Trinajstić information content (AvgIpc) is 3.36. The molecule has 0 radical (unpaired) electrons. The van der Waals surface area contributed by atoms with Crippen LogP contribution in [0.2, 0.25) is 0 Å². The maximum absolute atomic E-state index is 14.3. The lowest BCUT2D eigenvalue weighted by atomic mass is 9.56. The number of carbonyl (C=O) groups excluding carboxylic acids is 4. The highest BCUT2D eigenvalue weighted by Crippen LogP contribution is 2.66. The van der Waals surface area contributed by atoms with Crippen molar-refractivity contribution < 1.29 is 33.6 Å². The minimum atomic E-state index is -2.18. The third-order valence-electron chi connectivity index (χ3n) is 9.44. The number of hydrogen-bond donors (Lipinski definition) is 1. The van der Waals surface area contributed by atoms with Crippen molar-refractivity contribution in [3.63, 3.8) is 0 Å². The van der Waals surface area contributed by atoms with E-state index in [1.54, 1.807) is 24.3 Å². The van der Waals surface area contributed by atoms with Gasteiger partial charge in [-0.2, -0.15) is 0 Å². The Morgan fingerprint density at radius 2 is 1.58 bits per heavy atom. The fraction of sp³-hybridized carbons (Fsp3) is 0.250. The number of phenolic OH excluding ortho intramolecular Hbond substituents is 1. The molecule has 2 heterocycles. The van der Waals surface area contributed by atoms with Crippen LogP contribution in [0.5, 0.6) is 5.75 Å². The molecule has 3 aromatic carbocycles. The van der Waals surface area contributed by atoms with Crippen LogP contribution >= 0.6 is 23.2 Å². The Morgan fingerprint density at radius 1 is 0.867 bits per heavy atom. The van der Waals surface area contributed by atoms with Gasteiger partial charge in [0.2, 0.25) is 11.8 Å². The molecular weight excluding hydrogens is 628 g/mol. The van der Waals surface area contributed by atoms with Gasteiger partial charge >= 0.3 is 0 Å². The predicted molar refractivity (Wildman–Crippen MR) is 160 cm³/mol. The van der Waals surface area contributed by atoms with Crippen LogP contribution < -0.4 is 9.80 Å². The Balaban J connectivity index is 1.38. The fourth-order valence-electron chi connectivity index (χ4n) is 7.48. The van der Waals surface area contributed by atoms with Crippen molar-refractivity contribution in [2.45, 2.75) is 28.5 Å². The third kappa shape index (κ3) is 3.86. The van der Waals surface area contributed by atoms with Crippen molar-refractivity contribution in [3.8, 4) is 5.75 Å². The second-order valence-electron chi connectivity index (χ2n) is 11.6. The van der Waals surface area contributed by atoms with Crippen molar-refractivity contribution in [1.82, 2.24) is 0 Å². The molecule has 0 spiro atoms. The van der Waals surface area contributed by atoms with Gasteiger partial charge in [0.15, 0.2) is 9.75 Å². The standard InChI is InChI=1S/C32H22Cl2FN3O7/c33-31-15-23-20(12-13-22-25(23)28(41)36(27(22)40)18-4-3-5-19(14-18)38(44)45)26(21-6-1-2-7-24(21)39)32(31,34)30(43)37(29(31)42)17-10-8-16(35)9-11-17/h1-12,14,22-23,25-26,39H,13,15H2/t22-,23+,25-,26+,31+,32-/m0/s1. The third-order valence-corrected chi connectivity index (χ3v) is 10.9. The number of allylic oxidation sites excluding steroid dienone is 2. The number of nitrogens with zero attached hydrogens (tertiary/aromatic N) is 3. The minimum Gasteiger partial charge on any atom is -0.508 e. The van der Waals surface area contributed by atoms with Crippen LogP contribution in [0.15, 0.2) is 84.4 Å². The minimum absolute atomic E-state index is 0.0325. The number of fused-ring (bicyclic) bond motifs is 4. The quantitative estimate of drug-likeness (QED) is 0.135. The second-order valence-corrected chi connectivity index (χ2v) is 12.8. The molecule has 3 aromatic rings. The van der Waals surface area contributed by atoms with Crippen molar-refractivity contribution in [1.29, 1.82) is 0 Å². The number of halogens is 3. The van der Waals surface area contributed by atoms with E-state index in [9.17, 15) is 38.8 Å². The zero-order chi connectivity index (χ0) is 32.0. The molecule has 3 fully saturated rings. The number of non-ortho nitro benzene ring substituents is 1. The average molecular weight is 650 g/mol. The first-order valence-corrected chi connectivity index (χ1v) is 14.8. The summed E-state index contributed by atoms with van der Waals surface area (Å²) in [6.45, 7) is 0. The monoisotopic (exact) mass is 649 g/mol. The molecular formula is C32H22Cl2FN3O7. The van der Waals surface area contributed by atoms with E-state index in [-0.39, 0.29) is 41.2 Å². The Morgan fingerprint density at radius 3 is 2.27 bits per heavy atom. The van der Waals surface area contributed by atoms with Crippen LogP contribution in [-0.2, 0) is 19.2 Å². The largest absolute Gasteiger partial charge is 0.508 e. The summed E-state index contributed by atoms with van der Waals surface area (Å²) in [6, 6.07) is 16.0. The van der Waals surface area contributed by atoms with Crippen molar-refractivity contribution in [2.24, 2.45) is 17.8 Å². The number of para-hydroxylation sites is 1. The van der Waals surface area contributed by atoms with E-state index in [0.29, 0.717) is 5.57 Å². The molecule has 10 nitrogen and oxygen atoms in total. The molecule has 228 valence electrons. The predicted octanol–water partition coefficient (Wildman–Crippen LogP) is 5.21. The zero-order valence-electron chi connectivity index (χ0n) is 23.1. The number of nitro groups is 1. The highest BCUT2D eigenvalue weighted by atomic mass is 35.5. The molecule has 4 amide bonds. The molecule has 2 aliphatic heterocycles. The van der Waals surface area contributed by atoms with Gasteiger partial charge in [-0.1, -0.05) is 35.9 Å². The molecule has 13 heteroatoms. The van der Waals surface area contributed by atoms with Gasteiger partial charge in [0.05, 0.1) is 28.1 Å². The fourth-order valence-corrected chi connectivity index (χ4v) is 8.40. The van der Waals surface area contributed by atoms with E-state index in [1.165, 1.54) is 36.4 Å². The van der Waals surface area contributed by atoms with E-state index in [0.717, 1.165) is 28.0 Å². The lowest BCUT2D eigenvalue weighted by Gasteiger charge is -2.50. The van der Waals surface area contributed by atoms with Crippen molar-refractivity contribution in [2.75, 3.05) is 9.80 Å². The van der Waals surface area contributed by atoms with Gasteiger partial charge in [0.1, 0.15) is 11.6 Å². The van der Waals surface area contributed by atoms with Crippen molar-refractivity contribution >= 4 is 63.9 Å². The molecule has 1 saturated carbocycles. The molecule has 6 atom stereocenters. The number of carbonyl (C=O) groups is 4. The first-order valence-electron chi connectivity index (χ1n) is 14.0. The van der Waals surface area contributed by atoms with Gasteiger partial charge in [-0.05, 0) is 55.2 Å². The van der Waals surface area contributed by atoms with Gasteiger partial charge in [0.25, 0.3) is 17.5 Å². The zero-order valence-corrected chi connectivity index (χ0v) is 24.6. The molecule has 4 aliphatic rings. The Bertz CT molecular complexity index is 1880. The van der Waals surface area contributed by atoms with Crippen LogP contribution in [0.3, 0.4) is 0 Å². The first-order chi connectivity index (χ1) is 21.4. The topological polar surface area (TPSA) is 138 Å². The summed E-state index contributed by atoms with van der Waals surface area (Å²) in [5.41, 5.74) is 0.428. The summed E-state index contributed by atoms with van der Waals surface area (Å²) in [5, 5.41) is 22.4. The van der Waals surface area contributed by atoms with Crippen LogP contribution in [0.1, 0.15) is 24.3 Å². The summed E-state index contributed by atoms with van der Waals surface area (Å²) in [7, 11) is 0. The molecule has 2 aliphatic carbocycles. The number of amides is 4. The Labute approximate surface area is 264 Å². The van der Waals surface area contributed by atoms with Gasteiger partial charge in [0, 0.05) is 23.6 Å². The molecule has 0 unspecified atom stereocenters. The van der Waals surface area contributed by atoms with Gasteiger partial charge in [-0.15, -0.1) is 23.2 Å².